The van der Waals surface area contributed by atoms with Crippen molar-refractivity contribution in [2.24, 2.45) is 0 Å². The first-order chi connectivity index (χ1) is 15.1. The minimum absolute atomic E-state index is 0.0110. The Morgan fingerprint density at radius 1 is 1.19 bits per heavy atom. The molecule has 10 heteroatoms. The molecule has 2 aromatic carbocycles. The third kappa shape index (κ3) is 3.40. The molecule has 2 N–H and O–H groups in total. The van der Waals surface area contributed by atoms with E-state index in [0.29, 0.717) is 23.5 Å². The van der Waals surface area contributed by atoms with Crippen LogP contribution in [0.5, 0.6) is 0 Å². The Morgan fingerprint density at radius 3 is 2.59 bits per heavy atom. The summed E-state index contributed by atoms with van der Waals surface area (Å²) in [5, 5.41) is 3.17. The number of amides is 4. The highest BCUT2D eigenvalue weighted by Gasteiger charge is 2.47. The van der Waals surface area contributed by atoms with Crippen molar-refractivity contribution >= 4 is 33.6 Å². The molecule has 2 aliphatic heterocycles. The Morgan fingerprint density at radius 2 is 1.91 bits per heavy atom. The first-order valence-corrected chi connectivity index (χ1v) is 11.7. The zero-order chi connectivity index (χ0) is 23.3. The first-order valence-electron chi connectivity index (χ1n) is 10.3. The van der Waals surface area contributed by atoms with Gasteiger partial charge in [0.1, 0.15) is 5.54 Å². The molecule has 0 spiro atoms. The number of sulfonamides is 1. The summed E-state index contributed by atoms with van der Waals surface area (Å²) in [4.78, 5) is 37.4. The summed E-state index contributed by atoms with van der Waals surface area (Å²) in [5.74, 6) is -1.34. The molecule has 1 fully saturated rings. The average Bonchev–Trinajstić information content (AvgIpc) is 3.22. The van der Waals surface area contributed by atoms with Crippen LogP contribution in [0.2, 0.25) is 0 Å². The Kier molecular flexibility index (Phi) is 5.20. The number of anilines is 1. The van der Waals surface area contributed by atoms with Crippen molar-refractivity contribution in [1.82, 2.24) is 15.8 Å². The number of hydrogen-bond acceptors (Lipinski definition) is 5. The van der Waals surface area contributed by atoms with E-state index in [9.17, 15) is 22.8 Å². The van der Waals surface area contributed by atoms with Gasteiger partial charge in [-0.3, -0.25) is 19.3 Å². The van der Waals surface area contributed by atoms with Crippen LogP contribution in [-0.4, -0.2) is 42.9 Å². The van der Waals surface area contributed by atoms with Crippen molar-refractivity contribution < 1.29 is 22.8 Å². The minimum atomic E-state index is -3.94. The van der Waals surface area contributed by atoms with Gasteiger partial charge < -0.3 is 5.32 Å². The fourth-order valence-corrected chi connectivity index (χ4v) is 5.75. The summed E-state index contributed by atoms with van der Waals surface area (Å²) in [7, 11) is -3.94. The topological polar surface area (TPSA) is 116 Å². The molecule has 0 bridgehead atoms. The Balaban J connectivity index is 1.61. The lowest BCUT2D eigenvalue weighted by atomic mass is 10.00. The molecule has 2 aromatic rings. The Labute approximate surface area is 186 Å². The van der Waals surface area contributed by atoms with E-state index in [2.05, 4.69) is 10.7 Å². The van der Waals surface area contributed by atoms with Crippen LogP contribution in [0.4, 0.5) is 10.5 Å². The van der Waals surface area contributed by atoms with Gasteiger partial charge in [0.25, 0.3) is 21.8 Å². The van der Waals surface area contributed by atoms with Gasteiger partial charge in [-0.05, 0) is 56.5 Å². The van der Waals surface area contributed by atoms with E-state index in [1.54, 1.807) is 26.0 Å². The summed E-state index contributed by atoms with van der Waals surface area (Å²) in [6.07, 6.45) is 0.950. The molecule has 32 heavy (non-hydrogen) atoms. The number of nitrogens with zero attached hydrogens (tertiary/aromatic N) is 2. The highest BCUT2D eigenvalue weighted by atomic mass is 32.2. The highest BCUT2D eigenvalue weighted by Crippen LogP contribution is 2.36. The van der Waals surface area contributed by atoms with Gasteiger partial charge in [0.2, 0.25) is 0 Å². The number of imide groups is 1. The van der Waals surface area contributed by atoms with Crippen molar-refractivity contribution in [2.45, 2.75) is 50.1 Å². The molecule has 4 amide bonds. The van der Waals surface area contributed by atoms with E-state index in [0.717, 1.165) is 5.56 Å². The molecule has 0 aromatic heterocycles. The van der Waals surface area contributed by atoms with E-state index < -0.39 is 33.4 Å². The fraction of sp³-hybridized carbons (Fsp3) is 0.318. The smallest absolute Gasteiger partial charge is 0.322 e. The summed E-state index contributed by atoms with van der Waals surface area (Å²) >= 11 is 0. The van der Waals surface area contributed by atoms with E-state index in [4.69, 9.17) is 0 Å². The van der Waals surface area contributed by atoms with Crippen molar-refractivity contribution in [3.05, 3.63) is 59.7 Å². The molecule has 1 saturated heterocycles. The van der Waals surface area contributed by atoms with Crippen LogP contribution in [0.25, 0.3) is 0 Å². The SMILES string of the molecule is CC[C@@]1(C)NC(=O)N(NC(=O)c2cccc(S(=O)(=O)N3c4ccccc4C[C@@H]3C)c2)C1=O. The molecule has 2 atom stereocenters. The maximum Gasteiger partial charge on any atom is 0.344 e. The molecule has 9 nitrogen and oxygen atoms in total. The van der Waals surface area contributed by atoms with E-state index in [1.807, 2.05) is 19.1 Å². The lowest BCUT2D eigenvalue weighted by Gasteiger charge is -2.24. The minimum Gasteiger partial charge on any atom is -0.322 e. The van der Waals surface area contributed by atoms with Crippen molar-refractivity contribution in [3.8, 4) is 0 Å². The van der Waals surface area contributed by atoms with E-state index in [1.165, 1.54) is 28.6 Å². The largest absolute Gasteiger partial charge is 0.344 e. The van der Waals surface area contributed by atoms with Gasteiger partial charge in [-0.15, -0.1) is 0 Å². The predicted octanol–water partition coefficient (Wildman–Crippen LogP) is 2.19. The number of nitrogens with one attached hydrogen (secondary N) is 2. The van der Waals surface area contributed by atoms with Gasteiger partial charge in [-0.1, -0.05) is 31.2 Å². The molecule has 2 aliphatic rings. The monoisotopic (exact) mass is 456 g/mol. The van der Waals surface area contributed by atoms with E-state index >= 15 is 0 Å². The third-order valence-electron chi connectivity index (χ3n) is 5.98. The zero-order valence-corrected chi connectivity index (χ0v) is 18.8. The lowest BCUT2D eigenvalue weighted by molar-refractivity contribution is -0.132. The Hall–Kier alpha value is -3.40. The second-order valence-electron chi connectivity index (χ2n) is 8.21. The number of hydrazine groups is 1. The maximum atomic E-state index is 13.4. The van der Waals surface area contributed by atoms with Crippen molar-refractivity contribution in [3.63, 3.8) is 0 Å². The summed E-state index contributed by atoms with van der Waals surface area (Å²) in [6, 6.07) is 11.8. The van der Waals surface area contributed by atoms with Crippen LogP contribution in [-0.2, 0) is 21.2 Å². The molecule has 0 radical (unpaired) electrons. The first kappa shape index (κ1) is 21.8. The van der Waals surface area contributed by atoms with Crippen LogP contribution >= 0.6 is 0 Å². The highest BCUT2D eigenvalue weighted by molar-refractivity contribution is 7.92. The normalized spacial score (nSPS) is 22.7. The van der Waals surface area contributed by atoms with Gasteiger partial charge in [-0.2, -0.15) is 5.01 Å². The fourth-order valence-electron chi connectivity index (χ4n) is 4.01. The van der Waals surface area contributed by atoms with Gasteiger partial charge in [-0.25, -0.2) is 13.2 Å². The molecule has 0 aliphatic carbocycles. The number of rotatable bonds is 5. The molecule has 4 rings (SSSR count). The van der Waals surface area contributed by atoms with Gasteiger partial charge >= 0.3 is 6.03 Å². The molecule has 0 saturated carbocycles. The van der Waals surface area contributed by atoms with Crippen LogP contribution < -0.4 is 15.0 Å². The lowest BCUT2D eigenvalue weighted by Crippen LogP contribution is -2.48. The number of carbonyl (C=O) groups is 3. The van der Waals surface area contributed by atoms with Crippen LogP contribution in [0.3, 0.4) is 0 Å². The molecule has 2 heterocycles. The number of benzene rings is 2. The number of carbonyl (C=O) groups excluding carboxylic acids is 3. The molecular formula is C22H24N4O5S. The zero-order valence-electron chi connectivity index (χ0n) is 18.0. The number of hydrogen-bond donors (Lipinski definition) is 2. The second kappa shape index (κ2) is 7.63. The van der Waals surface area contributed by atoms with Gasteiger partial charge in [0, 0.05) is 11.6 Å². The third-order valence-corrected chi connectivity index (χ3v) is 7.90. The standard InChI is InChI=1S/C22H24N4O5S/c1-4-22(3)20(28)25(21(29)23-22)24-19(27)16-9-7-10-17(13-16)32(30,31)26-14(2)12-15-8-5-6-11-18(15)26/h5-11,13-14H,4,12H2,1-3H3,(H,23,29)(H,24,27)/t14-,22+/m0/s1. The maximum absolute atomic E-state index is 13.4. The molecule has 168 valence electrons. The Bertz CT molecular complexity index is 1230. The molecule has 0 unspecified atom stereocenters. The quantitative estimate of drug-likeness (QED) is 0.669. The van der Waals surface area contributed by atoms with Gasteiger partial charge in [0.15, 0.2) is 0 Å². The second-order valence-corrected chi connectivity index (χ2v) is 10.0. The number of para-hydroxylation sites is 1. The van der Waals surface area contributed by atoms with Gasteiger partial charge in [0.05, 0.1) is 10.6 Å². The summed E-state index contributed by atoms with van der Waals surface area (Å²) in [6.45, 7) is 5.15. The van der Waals surface area contributed by atoms with Crippen LogP contribution in [0.1, 0.15) is 43.1 Å². The van der Waals surface area contributed by atoms with Crippen LogP contribution in [0, 0.1) is 0 Å². The predicted molar refractivity (Wildman–Crippen MR) is 117 cm³/mol. The van der Waals surface area contributed by atoms with E-state index in [-0.39, 0.29) is 16.5 Å². The van der Waals surface area contributed by atoms with Crippen LogP contribution in [0.15, 0.2) is 53.4 Å². The molecular weight excluding hydrogens is 432 g/mol. The van der Waals surface area contributed by atoms with Crippen molar-refractivity contribution in [2.75, 3.05) is 4.31 Å². The average molecular weight is 457 g/mol. The number of fused-ring (bicyclic) bond motifs is 1. The van der Waals surface area contributed by atoms with Crippen molar-refractivity contribution in [1.29, 1.82) is 0 Å². The number of urea groups is 1. The summed E-state index contributed by atoms with van der Waals surface area (Å²) < 4.78 is 28.2. The summed E-state index contributed by atoms with van der Waals surface area (Å²) in [5.41, 5.74) is 2.75.